The lowest BCUT2D eigenvalue weighted by atomic mass is 9.81. The first kappa shape index (κ1) is 18.0. The molecular weight excluding hydrogens is 300 g/mol. The molecule has 128 valence electrons. The summed E-state index contributed by atoms with van der Waals surface area (Å²) in [5.41, 5.74) is 3.34. The topological polar surface area (TPSA) is 61.4 Å². The number of rotatable bonds is 5. The van der Waals surface area contributed by atoms with E-state index in [-0.39, 0.29) is 18.7 Å². The van der Waals surface area contributed by atoms with E-state index in [1.165, 1.54) is 0 Å². The van der Waals surface area contributed by atoms with Gasteiger partial charge in [0.1, 0.15) is 0 Å². The lowest BCUT2D eigenvalue weighted by Crippen LogP contribution is -2.42. The molecule has 1 unspecified atom stereocenters. The molecule has 2 aromatic carbocycles. The summed E-state index contributed by atoms with van der Waals surface area (Å²) < 4.78 is 0. The standard InChI is InChI=1S/C20H26N2O2/c1-14-9-8-10-15(2)17(14)21-19(24)22-18(20(3,4)13-23)16-11-6-5-7-12-16/h5-12,18,23H,13H2,1-4H3,(H2,21,22,24). The van der Waals surface area contributed by atoms with E-state index in [0.717, 1.165) is 22.4 Å². The highest BCUT2D eigenvalue weighted by Crippen LogP contribution is 2.33. The zero-order chi connectivity index (χ0) is 17.7. The van der Waals surface area contributed by atoms with Crippen LogP contribution in [0.15, 0.2) is 48.5 Å². The van der Waals surface area contributed by atoms with E-state index in [1.54, 1.807) is 0 Å². The summed E-state index contributed by atoms with van der Waals surface area (Å²) in [7, 11) is 0. The van der Waals surface area contributed by atoms with E-state index in [2.05, 4.69) is 10.6 Å². The first-order chi connectivity index (χ1) is 11.3. The van der Waals surface area contributed by atoms with Crippen LogP contribution in [-0.4, -0.2) is 17.7 Å². The summed E-state index contributed by atoms with van der Waals surface area (Å²) in [6.45, 7) is 7.77. The molecule has 0 bridgehead atoms. The quantitative estimate of drug-likeness (QED) is 0.771. The molecule has 0 radical (unpaired) electrons. The highest BCUT2D eigenvalue weighted by atomic mass is 16.3. The summed E-state index contributed by atoms with van der Waals surface area (Å²) in [4.78, 5) is 12.6. The number of amides is 2. The largest absolute Gasteiger partial charge is 0.396 e. The molecule has 0 aromatic heterocycles. The van der Waals surface area contributed by atoms with Gasteiger partial charge in [-0.15, -0.1) is 0 Å². The monoisotopic (exact) mass is 326 g/mol. The van der Waals surface area contributed by atoms with Gasteiger partial charge in [0.25, 0.3) is 0 Å². The van der Waals surface area contributed by atoms with Crippen LogP contribution in [0.25, 0.3) is 0 Å². The van der Waals surface area contributed by atoms with Gasteiger partial charge in [0.15, 0.2) is 0 Å². The van der Waals surface area contributed by atoms with Crippen LogP contribution >= 0.6 is 0 Å². The lowest BCUT2D eigenvalue weighted by Gasteiger charge is -2.33. The van der Waals surface area contributed by atoms with Crippen LogP contribution in [0, 0.1) is 19.3 Å². The molecule has 0 fully saturated rings. The van der Waals surface area contributed by atoms with Crippen molar-refractivity contribution in [1.29, 1.82) is 0 Å². The number of aliphatic hydroxyl groups excluding tert-OH is 1. The number of para-hydroxylation sites is 1. The third-order valence-corrected chi connectivity index (χ3v) is 4.32. The Balaban J connectivity index is 2.22. The molecule has 4 nitrogen and oxygen atoms in total. The summed E-state index contributed by atoms with van der Waals surface area (Å²) in [6, 6.07) is 15.0. The van der Waals surface area contributed by atoms with Gasteiger partial charge in [-0.25, -0.2) is 4.79 Å². The molecule has 2 aromatic rings. The first-order valence-corrected chi connectivity index (χ1v) is 8.14. The Labute approximate surface area is 143 Å². The number of nitrogens with one attached hydrogen (secondary N) is 2. The molecule has 0 saturated heterocycles. The normalized spacial score (nSPS) is 12.5. The zero-order valence-electron chi connectivity index (χ0n) is 14.8. The number of anilines is 1. The fourth-order valence-electron chi connectivity index (χ4n) is 2.76. The Kier molecular flexibility index (Phi) is 5.62. The van der Waals surface area contributed by atoms with Crippen molar-refractivity contribution in [2.24, 2.45) is 5.41 Å². The number of aliphatic hydroxyl groups is 1. The number of carbonyl (C=O) groups excluding carboxylic acids is 1. The second kappa shape index (κ2) is 7.49. The molecule has 0 spiro atoms. The summed E-state index contributed by atoms with van der Waals surface area (Å²) >= 11 is 0. The molecule has 2 rings (SSSR count). The number of benzene rings is 2. The highest BCUT2D eigenvalue weighted by molar-refractivity contribution is 5.91. The second-order valence-corrected chi connectivity index (χ2v) is 6.86. The van der Waals surface area contributed by atoms with Gasteiger partial charge < -0.3 is 15.7 Å². The van der Waals surface area contributed by atoms with Crippen molar-refractivity contribution in [3.8, 4) is 0 Å². The van der Waals surface area contributed by atoms with Crippen LogP contribution < -0.4 is 10.6 Å². The van der Waals surface area contributed by atoms with E-state index < -0.39 is 5.41 Å². The molecule has 2 amide bonds. The maximum Gasteiger partial charge on any atom is 0.319 e. The summed E-state index contributed by atoms with van der Waals surface area (Å²) in [5, 5.41) is 15.7. The number of aryl methyl sites for hydroxylation is 2. The lowest BCUT2D eigenvalue weighted by molar-refractivity contribution is 0.119. The predicted molar refractivity (Wildman–Crippen MR) is 98.1 cm³/mol. The molecule has 3 N–H and O–H groups in total. The van der Waals surface area contributed by atoms with E-state index in [0.29, 0.717) is 0 Å². The smallest absolute Gasteiger partial charge is 0.319 e. The minimum atomic E-state index is -0.487. The van der Waals surface area contributed by atoms with E-state index >= 15 is 0 Å². The summed E-state index contributed by atoms with van der Waals surface area (Å²) in [5.74, 6) is 0. The van der Waals surface area contributed by atoms with Crippen molar-refractivity contribution in [2.45, 2.75) is 33.7 Å². The third kappa shape index (κ3) is 4.15. The van der Waals surface area contributed by atoms with Crippen molar-refractivity contribution in [3.05, 3.63) is 65.2 Å². The van der Waals surface area contributed by atoms with Crippen LogP contribution in [0.2, 0.25) is 0 Å². The van der Waals surface area contributed by atoms with Gasteiger partial charge in [-0.05, 0) is 30.5 Å². The molecular formula is C20H26N2O2. The van der Waals surface area contributed by atoms with Crippen molar-refractivity contribution in [1.82, 2.24) is 5.32 Å². The molecule has 0 aliphatic carbocycles. The molecule has 24 heavy (non-hydrogen) atoms. The highest BCUT2D eigenvalue weighted by Gasteiger charge is 2.31. The maximum absolute atomic E-state index is 12.6. The van der Waals surface area contributed by atoms with Gasteiger partial charge in [-0.1, -0.05) is 62.4 Å². The van der Waals surface area contributed by atoms with E-state index in [4.69, 9.17) is 0 Å². The van der Waals surface area contributed by atoms with Gasteiger partial charge in [-0.2, -0.15) is 0 Å². The third-order valence-electron chi connectivity index (χ3n) is 4.32. The van der Waals surface area contributed by atoms with Gasteiger partial charge in [-0.3, -0.25) is 0 Å². The van der Waals surface area contributed by atoms with Crippen LogP contribution in [0.3, 0.4) is 0 Å². The number of carbonyl (C=O) groups is 1. The Hall–Kier alpha value is -2.33. The Morgan fingerprint density at radius 2 is 1.62 bits per heavy atom. The van der Waals surface area contributed by atoms with Gasteiger partial charge in [0.05, 0.1) is 12.6 Å². The average molecular weight is 326 g/mol. The average Bonchev–Trinajstić information content (AvgIpc) is 2.57. The summed E-state index contributed by atoms with van der Waals surface area (Å²) in [6.07, 6.45) is 0. The van der Waals surface area contributed by atoms with Crippen molar-refractivity contribution >= 4 is 11.7 Å². The minimum Gasteiger partial charge on any atom is -0.396 e. The Bertz CT molecular complexity index is 676. The Morgan fingerprint density at radius 1 is 1.04 bits per heavy atom. The predicted octanol–water partition coefficient (Wildman–Crippen LogP) is 4.18. The van der Waals surface area contributed by atoms with Crippen LogP contribution in [0.5, 0.6) is 0 Å². The van der Waals surface area contributed by atoms with Crippen molar-refractivity contribution in [2.75, 3.05) is 11.9 Å². The van der Waals surface area contributed by atoms with Crippen molar-refractivity contribution in [3.63, 3.8) is 0 Å². The molecule has 1 atom stereocenters. The fraction of sp³-hybridized carbons (Fsp3) is 0.350. The van der Waals surface area contributed by atoms with E-state index in [1.807, 2.05) is 76.2 Å². The molecule has 0 saturated carbocycles. The Morgan fingerprint density at radius 3 is 2.17 bits per heavy atom. The van der Waals surface area contributed by atoms with Gasteiger partial charge in [0, 0.05) is 11.1 Å². The minimum absolute atomic E-state index is 0.0315. The number of hydrogen-bond donors (Lipinski definition) is 3. The second-order valence-electron chi connectivity index (χ2n) is 6.86. The van der Waals surface area contributed by atoms with Gasteiger partial charge in [0.2, 0.25) is 0 Å². The number of hydrogen-bond acceptors (Lipinski definition) is 2. The van der Waals surface area contributed by atoms with Crippen LogP contribution in [0.1, 0.15) is 36.6 Å². The molecule has 0 aliphatic heterocycles. The maximum atomic E-state index is 12.6. The van der Waals surface area contributed by atoms with Gasteiger partial charge >= 0.3 is 6.03 Å². The molecule has 0 aliphatic rings. The SMILES string of the molecule is Cc1cccc(C)c1NC(=O)NC(c1ccccc1)C(C)(C)CO. The number of urea groups is 1. The van der Waals surface area contributed by atoms with E-state index in [9.17, 15) is 9.90 Å². The molecule has 0 heterocycles. The van der Waals surface area contributed by atoms with Crippen molar-refractivity contribution < 1.29 is 9.90 Å². The first-order valence-electron chi connectivity index (χ1n) is 8.14. The molecule has 4 heteroatoms. The van der Waals surface area contributed by atoms with Crippen LogP contribution in [0.4, 0.5) is 10.5 Å². The fourth-order valence-corrected chi connectivity index (χ4v) is 2.76. The zero-order valence-corrected chi connectivity index (χ0v) is 14.8. The van der Waals surface area contributed by atoms with Crippen LogP contribution in [-0.2, 0) is 0 Å².